The first-order valence-electron chi connectivity index (χ1n) is 5.35. The molecule has 0 saturated carbocycles. The number of benzene rings is 1. The van der Waals surface area contributed by atoms with E-state index in [2.05, 4.69) is 0 Å². The van der Waals surface area contributed by atoms with Crippen molar-refractivity contribution in [2.45, 2.75) is 32.6 Å². The molecular weight excluding hydrogens is 204 g/mol. The van der Waals surface area contributed by atoms with E-state index >= 15 is 0 Å². The predicted molar refractivity (Wildman–Crippen MR) is 61.5 cm³/mol. The largest absolute Gasteiger partial charge is 0.481 e. The minimum atomic E-state index is -0.945. The van der Waals surface area contributed by atoms with Crippen molar-refractivity contribution in [2.24, 2.45) is 0 Å². The molecule has 0 aromatic heterocycles. The number of Topliss-reactive ketones (excluding diaryl/α,β-unsaturated/α-hetero) is 1. The number of ketones is 1. The van der Waals surface area contributed by atoms with Gasteiger partial charge in [0.25, 0.3) is 0 Å². The summed E-state index contributed by atoms with van der Waals surface area (Å²) in [5.41, 5.74) is 1.86. The zero-order valence-corrected chi connectivity index (χ0v) is 9.56. The molecule has 0 spiro atoms. The van der Waals surface area contributed by atoms with Crippen molar-refractivity contribution in [3.63, 3.8) is 0 Å². The van der Waals surface area contributed by atoms with Gasteiger partial charge in [-0.2, -0.15) is 0 Å². The molecule has 0 bridgehead atoms. The highest BCUT2D eigenvalue weighted by Crippen LogP contribution is 2.21. The summed E-state index contributed by atoms with van der Waals surface area (Å²) < 4.78 is 0. The Kier molecular flexibility index (Phi) is 4.23. The Balaban J connectivity index is 2.92. The van der Waals surface area contributed by atoms with Gasteiger partial charge in [-0.3, -0.25) is 9.59 Å². The summed E-state index contributed by atoms with van der Waals surface area (Å²) in [4.78, 5) is 22.0. The number of carbonyl (C=O) groups excluding carboxylic acids is 1. The lowest BCUT2D eigenvalue weighted by atomic mass is 9.93. The van der Waals surface area contributed by atoms with E-state index in [9.17, 15) is 9.59 Å². The van der Waals surface area contributed by atoms with Crippen LogP contribution in [0.25, 0.3) is 0 Å². The Morgan fingerprint density at radius 3 is 2.19 bits per heavy atom. The smallest absolute Gasteiger partial charge is 0.311 e. The van der Waals surface area contributed by atoms with Crippen molar-refractivity contribution in [2.75, 3.05) is 0 Å². The summed E-state index contributed by atoms with van der Waals surface area (Å²) in [6.07, 6.45) is 0.978. The van der Waals surface area contributed by atoms with E-state index in [0.717, 1.165) is 12.0 Å². The van der Waals surface area contributed by atoms with E-state index < -0.39 is 11.9 Å². The second-order valence-electron chi connectivity index (χ2n) is 3.89. The molecule has 1 unspecified atom stereocenters. The van der Waals surface area contributed by atoms with Crippen LogP contribution in [0.4, 0.5) is 0 Å². The first-order chi connectivity index (χ1) is 7.54. The van der Waals surface area contributed by atoms with Crippen LogP contribution in [0.5, 0.6) is 0 Å². The van der Waals surface area contributed by atoms with Crippen molar-refractivity contribution in [3.8, 4) is 0 Å². The predicted octanol–water partition coefficient (Wildman–Crippen LogP) is 2.40. The number of hydrogen-bond acceptors (Lipinski definition) is 2. The first kappa shape index (κ1) is 12.4. The number of rotatable bonds is 5. The Morgan fingerprint density at radius 2 is 1.81 bits per heavy atom. The Bertz CT molecular complexity index is 379. The molecule has 3 heteroatoms. The Hall–Kier alpha value is -1.64. The van der Waals surface area contributed by atoms with E-state index in [1.54, 1.807) is 12.1 Å². The van der Waals surface area contributed by atoms with Gasteiger partial charge in [-0.05, 0) is 24.5 Å². The molecule has 1 atom stereocenters. The minimum absolute atomic E-state index is 0.0564. The lowest BCUT2D eigenvalue weighted by Crippen LogP contribution is -2.14. The van der Waals surface area contributed by atoms with Gasteiger partial charge in [0.2, 0.25) is 0 Å². The van der Waals surface area contributed by atoms with Crippen LogP contribution in [0.1, 0.15) is 37.3 Å². The molecule has 1 N–H and O–H groups in total. The van der Waals surface area contributed by atoms with Crippen LogP contribution < -0.4 is 0 Å². The molecule has 0 aliphatic carbocycles. The lowest BCUT2D eigenvalue weighted by Gasteiger charge is -2.11. The highest BCUT2D eigenvalue weighted by atomic mass is 16.4. The van der Waals surface area contributed by atoms with E-state index in [0.29, 0.717) is 5.56 Å². The van der Waals surface area contributed by atoms with Gasteiger partial charge in [-0.1, -0.05) is 31.2 Å². The van der Waals surface area contributed by atoms with Gasteiger partial charge in [0.15, 0.2) is 0 Å². The number of carboxylic acids is 1. The van der Waals surface area contributed by atoms with Crippen molar-refractivity contribution < 1.29 is 14.7 Å². The van der Waals surface area contributed by atoms with Crippen molar-refractivity contribution in [3.05, 3.63) is 35.4 Å². The molecule has 0 radical (unpaired) electrons. The summed E-state index contributed by atoms with van der Waals surface area (Å²) in [6, 6.07) is 7.40. The average Bonchev–Trinajstić information content (AvgIpc) is 2.25. The summed E-state index contributed by atoms with van der Waals surface area (Å²) in [5.74, 6) is -1.77. The van der Waals surface area contributed by atoms with E-state index in [1.807, 2.05) is 19.1 Å². The molecule has 0 saturated heterocycles. The maximum Gasteiger partial charge on any atom is 0.311 e. The molecule has 0 amide bonds. The molecule has 86 valence electrons. The van der Waals surface area contributed by atoms with Gasteiger partial charge in [0.1, 0.15) is 5.78 Å². The van der Waals surface area contributed by atoms with E-state index in [-0.39, 0.29) is 12.2 Å². The molecule has 0 heterocycles. The van der Waals surface area contributed by atoms with Crippen molar-refractivity contribution in [1.82, 2.24) is 0 Å². The number of carbonyl (C=O) groups is 2. The SMILES string of the molecule is CCc1ccc(C(CC(C)=O)C(=O)O)cc1. The standard InChI is InChI=1S/C13H16O3/c1-3-10-4-6-11(7-5-10)12(13(15)16)8-9(2)14/h4-7,12H,3,8H2,1-2H3,(H,15,16). The van der Waals surface area contributed by atoms with E-state index in [1.165, 1.54) is 6.92 Å². The van der Waals surface area contributed by atoms with Crippen LogP contribution in [0.2, 0.25) is 0 Å². The van der Waals surface area contributed by atoms with Crippen LogP contribution in [0.15, 0.2) is 24.3 Å². The molecule has 0 aliphatic heterocycles. The van der Waals surface area contributed by atoms with Crippen LogP contribution in [-0.4, -0.2) is 16.9 Å². The van der Waals surface area contributed by atoms with Gasteiger partial charge >= 0.3 is 5.97 Å². The fourth-order valence-electron chi connectivity index (χ4n) is 1.62. The lowest BCUT2D eigenvalue weighted by molar-refractivity contribution is -0.140. The zero-order chi connectivity index (χ0) is 12.1. The van der Waals surface area contributed by atoms with Crippen LogP contribution in [0.3, 0.4) is 0 Å². The van der Waals surface area contributed by atoms with Gasteiger partial charge < -0.3 is 5.11 Å². The van der Waals surface area contributed by atoms with Gasteiger partial charge in [0.05, 0.1) is 5.92 Å². The number of aliphatic carboxylic acids is 1. The highest BCUT2D eigenvalue weighted by Gasteiger charge is 2.21. The molecule has 0 aliphatic rings. The molecule has 1 aromatic rings. The third-order valence-electron chi connectivity index (χ3n) is 2.58. The molecular formula is C13H16O3. The van der Waals surface area contributed by atoms with Gasteiger partial charge in [0, 0.05) is 6.42 Å². The molecule has 0 fully saturated rings. The summed E-state index contributed by atoms with van der Waals surface area (Å²) >= 11 is 0. The van der Waals surface area contributed by atoms with E-state index in [4.69, 9.17) is 5.11 Å². The van der Waals surface area contributed by atoms with Gasteiger partial charge in [-0.15, -0.1) is 0 Å². The number of hydrogen-bond donors (Lipinski definition) is 1. The maximum absolute atomic E-state index is 11.0. The second kappa shape index (κ2) is 5.45. The fourth-order valence-corrected chi connectivity index (χ4v) is 1.62. The van der Waals surface area contributed by atoms with Crippen molar-refractivity contribution >= 4 is 11.8 Å². The molecule has 1 rings (SSSR count). The van der Waals surface area contributed by atoms with Crippen LogP contribution in [0, 0.1) is 0 Å². The average molecular weight is 220 g/mol. The first-order valence-corrected chi connectivity index (χ1v) is 5.35. The van der Waals surface area contributed by atoms with Crippen molar-refractivity contribution in [1.29, 1.82) is 0 Å². The normalized spacial score (nSPS) is 12.1. The third-order valence-corrected chi connectivity index (χ3v) is 2.58. The maximum atomic E-state index is 11.0. The Morgan fingerprint density at radius 1 is 1.25 bits per heavy atom. The molecule has 3 nitrogen and oxygen atoms in total. The Labute approximate surface area is 95.1 Å². The summed E-state index contributed by atoms with van der Waals surface area (Å²) in [6.45, 7) is 3.45. The topological polar surface area (TPSA) is 54.4 Å². The van der Waals surface area contributed by atoms with Crippen LogP contribution >= 0.6 is 0 Å². The minimum Gasteiger partial charge on any atom is -0.481 e. The highest BCUT2D eigenvalue weighted by molar-refractivity contribution is 5.85. The summed E-state index contributed by atoms with van der Waals surface area (Å²) in [7, 11) is 0. The summed E-state index contributed by atoms with van der Waals surface area (Å²) in [5, 5.41) is 9.05. The molecule has 16 heavy (non-hydrogen) atoms. The number of aryl methyl sites for hydroxylation is 1. The second-order valence-corrected chi connectivity index (χ2v) is 3.89. The fraction of sp³-hybridized carbons (Fsp3) is 0.385. The third kappa shape index (κ3) is 3.19. The zero-order valence-electron chi connectivity index (χ0n) is 9.56. The quantitative estimate of drug-likeness (QED) is 0.829. The number of carboxylic acid groups (broad SMARTS) is 1. The molecule has 1 aromatic carbocycles. The van der Waals surface area contributed by atoms with Crippen LogP contribution in [-0.2, 0) is 16.0 Å². The monoisotopic (exact) mass is 220 g/mol. The van der Waals surface area contributed by atoms with Gasteiger partial charge in [-0.25, -0.2) is 0 Å².